The molecule has 0 bridgehead atoms. The van der Waals surface area contributed by atoms with Crippen molar-refractivity contribution in [1.29, 1.82) is 0 Å². The predicted molar refractivity (Wildman–Crippen MR) is 52.1 cm³/mol. The number of aliphatic hydroxyl groups is 1. The van der Waals surface area contributed by atoms with E-state index in [2.05, 4.69) is 5.32 Å². The van der Waals surface area contributed by atoms with Crippen molar-refractivity contribution >= 4 is 16.1 Å². The van der Waals surface area contributed by atoms with E-state index in [1.807, 2.05) is 0 Å². The standard InChI is InChI=1S/C7H15NO6S/c1-2-6(7(10)11)8-3-5(9)4-15(12,13)14/h5-6,8-9H,2-4H2,1H3,(H,10,11)(H,12,13,14)/t5?,6-/m0/s1. The molecule has 0 saturated carbocycles. The average molecular weight is 241 g/mol. The summed E-state index contributed by atoms with van der Waals surface area (Å²) in [7, 11) is -4.24. The Kier molecular flexibility index (Phi) is 5.73. The van der Waals surface area contributed by atoms with Crippen molar-refractivity contribution < 1.29 is 28.0 Å². The van der Waals surface area contributed by atoms with Crippen molar-refractivity contribution in [2.24, 2.45) is 0 Å². The van der Waals surface area contributed by atoms with Crippen LogP contribution in [0.1, 0.15) is 13.3 Å². The SMILES string of the molecule is CC[C@H](NCC(O)CS(=O)(=O)O)C(=O)O. The number of carboxylic acid groups (broad SMARTS) is 1. The van der Waals surface area contributed by atoms with Gasteiger partial charge in [0.1, 0.15) is 11.8 Å². The minimum Gasteiger partial charge on any atom is -0.480 e. The Labute approximate surface area is 87.9 Å². The molecule has 0 aliphatic rings. The minimum atomic E-state index is -4.24. The second-order valence-corrected chi connectivity index (χ2v) is 4.61. The normalized spacial score (nSPS) is 15.9. The largest absolute Gasteiger partial charge is 0.480 e. The van der Waals surface area contributed by atoms with E-state index in [0.717, 1.165) is 0 Å². The third-order valence-corrected chi connectivity index (χ3v) is 2.52. The van der Waals surface area contributed by atoms with Crippen LogP contribution < -0.4 is 5.32 Å². The van der Waals surface area contributed by atoms with Gasteiger partial charge in [0.05, 0.1) is 6.10 Å². The average Bonchev–Trinajstić information content (AvgIpc) is 2.01. The van der Waals surface area contributed by atoms with E-state index in [9.17, 15) is 13.2 Å². The van der Waals surface area contributed by atoms with Gasteiger partial charge in [-0.3, -0.25) is 9.35 Å². The molecule has 2 atom stereocenters. The molecule has 0 aromatic carbocycles. The fourth-order valence-corrected chi connectivity index (χ4v) is 1.59. The molecule has 0 rings (SSSR count). The molecule has 0 aromatic rings. The number of hydrogen-bond acceptors (Lipinski definition) is 5. The Morgan fingerprint density at radius 3 is 2.33 bits per heavy atom. The van der Waals surface area contributed by atoms with Crippen LogP contribution in [0.4, 0.5) is 0 Å². The number of nitrogens with one attached hydrogen (secondary N) is 1. The van der Waals surface area contributed by atoms with Gasteiger partial charge >= 0.3 is 5.97 Å². The van der Waals surface area contributed by atoms with E-state index in [4.69, 9.17) is 14.8 Å². The molecule has 0 radical (unpaired) electrons. The first-order valence-corrected chi connectivity index (χ1v) is 5.96. The van der Waals surface area contributed by atoms with Crippen molar-refractivity contribution in [2.75, 3.05) is 12.3 Å². The Bertz CT molecular complexity index is 301. The van der Waals surface area contributed by atoms with Crippen LogP contribution in [0.15, 0.2) is 0 Å². The smallest absolute Gasteiger partial charge is 0.320 e. The first-order chi connectivity index (χ1) is 6.76. The maximum absolute atomic E-state index is 10.5. The lowest BCUT2D eigenvalue weighted by atomic mass is 10.2. The summed E-state index contributed by atoms with van der Waals surface area (Å²) in [5, 5.41) is 20.2. The van der Waals surface area contributed by atoms with Crippen LogP contribution in [-0.4, -0.2) is 53.6 Å². The molecule has 0 aromatic heterocycles. The van der Waals surface area contributed by atoms with Crippen LogP contribution in [0, 0.1) is 0 Å². The highest BCUT2D eigenvalue weighted by atomic mass is 32.2. The lowest BCUT2D eigenvalue weighted by molar-refractivity contribution is -0.139. The molecule has 0 saturated heterocycles. The first-order valence-electron chi connectivity index (χ1n) is 4.35. The van der Waals surface area contributed by atoms with Gasteiger partial charge in [-0.1, -0.05) is 6.92 Å². The van der Waals surface area contributed by atoms with Gasteiger partial charge in [0.15, 0.2) is 0 Å². The highest BCUT2D eigenvalue weighted by Crippen LogP contribution is 1.94. The summed E-state index contributed by atoms with van der Waals surface area (Å²) in [4.78, 5) is 10.5. The number of carbonyl (C=O) groups is 1. The summed E-state index contributed by atoms with van der Waals surface area (Å²) in [6.07, 6.45) is -1.01. The summed E-state index contributed by atoms with van der Waals surface area (Å²) >= 11 is 0. The first kappa shape index (κ1) is 14.3. The Morgan fingerprint density at radius 1 is 1.47 bits per heavy atom. The number of aliphatic carboxylic acids is 1. The van der Waals surface area contributed by atoms with Crippen molar-refractivity contribution in [3.05, 3.63) is 0 Å². The summed E-state index contributed by atoms with van der Waals surface area (Å²) < 4.78 is 29.1. The van der Waals surface area contributed by atoms with Crippen molar-refractivity contribution in [3.63, 3.8) is 0 Å². The van der Waals surface area contributed by atoms with E-state index in [0.29, 0.717) is 6.42 Å². The fourth-order valence-electron chi connectivity index (χ4n) is 0.987. The molecule has 0 aliphatic heterocycles. The van der Waals surface area contributed by atoms with E-state index >= 15 is 0 Å². The number of rotatable bonds is 7. The van der Waals surface area contributed by atoms with Gasteiger partial charge in [-0.05, 0) is 6.42 Å². The summed E-state index contributed by atoms with van der Waals surface area (Å²) in [6, 6.07) is -0.832. The van der Waals surface area contributed by atoms with Gasteiger partial charge in [-0.25, -0.2) is 0 Å². The third kappa shape index (κ3) is 7.25. The molecule has 7 nitrogen and oxygen atoms in total. The third-order valence-electron chi connectivity index (χ3n) is 1.71. The van der Waals surface area contributed by atoms with E-state index in [1.165, 1.54) is 0 Å². The van der Waals surface area contributed by atoms with Crippen LogP contribution in [0.2, 0.25) is 0 Å². The zero-order valence-corrected chi connectivity index (χ0v) is 9.07. The predicted octanol–water partition coefficient (Wildman–Crippen LogP) is -1.31. The van der Waals surface area contributed by atoms with E-state index in [-0.39, 0.29) is 6.54 Å². The van der Waals surface area contributed by atoms with E-state index in [1.54, 1.807) is 6.92 Å². The Hall–Kier alpha value is -0.700. The molecule has 0 amide bonds. The molecule has 4 N–H and O–H groups in total. The second-order valence-electron chi connectivity index (χ2n) is 3.11. The second kappa shape index (κ2) is 6.01. The van der Waals surface area contributed by atoms with Crippen LogP contribution in [-0.2, 0) is 14.9 Å². The molecule has 0 fully saturated rings. The lowest BCUT2D eigenvalue weighted by Gasteiger charge is -2.14. The maximum Gasteiger partial charge on any atom is 0.320 e. The zero-order chi connectivity index (χ0) is 12.1. The van der Waals surface area contributed by atoms with E-state index < -0.39 is 34.0 Å². The summed E-state index contributed by atoms with van der Waals surface area (Å²) in [6.45, 7) is 1.44. The monoisotopic (exact) mass is 241 g/mol. The number of aliphatic hydroxyl groups excluding tert-OH is 1. The van der Waals surface area contributed by atoms with Gasteiger partial charge in [-0.2, -0.15) is 8.42 Å². The van der Waals surface area contributed by atoms with Gasteiger partial charge in [0, 0.05) is 6.54 Å². The summed E-state index contributed by atoms with van der Waals surface area (Å²) in [5.41, 5.74) is 0. The highest BCUT2D eigenvalue weighted by molar-refractivity contribution is 7.85. The molecule has 15 heavy (non-hydrogen) atoms. The molecule has 90 valence electrons. The lowest BCUT2D eigenvalue weighted by Crippen LogP contribution is -2.42. The molecular formula is C7H15NO6S. The van der Waals surface area contributed by atoms with Gasteiger partial charge in [0.25, 0.3) is 10.1 Å². The Balaban J connectivity index is 3.99. The quantitative estimate of drug-likeness (QED) is 0.408. The Morgan fingerprint density at radius 2 is 2.00 bits per heavy atom. The molecule has 8 heteroatoms. The van der Waals surface area contributed by atoms with Gasteiger partial charge < -0.3 is 15.5 Å². The number of hydrogen-bond donors (Lipinski definition) is 4. The van der Waals surface area contributed by atoms with Gasteiger partial charge in [-0.15, -0.1) is 0 Å². The maximum atomic E-state index is 10.5. The number of carboxylic acids is 1. The molecule has 0 aliphatic carbocycles. The summed E-state index contributed by atoms with van der Waals surface area (Å²) in [5.74, 6) is -1.88. The van der Waals surface area contributed by atoms with Crippen molar-refractivity contribution in [3.8, 4) is 0 Å². The van der Waals surface area contributed by atoms with Crippen LogP contribution in [0.25, 0.3) is 0 Å². The molecule has 1 unspecified atom stereocenters. The zero-order valence-electron chi connectivity index (χ0n) is 8.25. The highest BCUT2D eigenvalue weighted by Gasteiger charge is 2.18. The molecular weight excluding hydrogens is 226 g/mol. The fraction of sp³-hybridized carbons (Fsp3) is 0.857. The van der Waals surface area contributed by atoms with Gasteiger partial charge in [0.2, 0.25) is 0 Å². The molecule has 0 heterocycles. The van der Waals surface area contributed by atoms with Crippen molar-refractivity contribution in [2.45, 2.75) is 25.5 Å². The van der Waals surface area contributed by atoms with Crippen LogP contribution in [0.5, 0.6) is 0 Å². The topological polar surface area (TPSA) is 124 Å². The molecule has 0 spiro atoms. The van der Waals surface area contributed by atoms with Crippen molar-refractivity contribution in [1.82, 2.24) is 5.32 Å². The minimum absolute atomic E-state index is 0.204. The van der Waals surface area contributed by atoms with Crippen LogP contribution >= 0.6 is 0 Å². The van der Waals surface area contributed by atoms with Crippen LogP contribution in [0.3, 0.4) is 0 Å².